The van der Waals surface area contributed by atoms with E-state index in [2.05, 4.69) is 143 Å². The van der Waals surface area contributed by atoms with Gasteiger partial charge in [-0.15, -0.1) is 0 Å². The van der Waals surface area contributed by atoms with Crippen LogP contribution in [0.25, 0.3) is 16.3 Å². The number of allylic oxidation sites excluding steroid dienone is 6. The molecule has 1 aliphatic carbocycles. The molecule has 2 nitrogen and oxygen atoms in total. The highest BCUT2D eigenvalue weighted by Crippen LogP contribution is 2.47. The van der Waals surface area contributed by atoms with E-state index in [-0.39, 0.29) is 0 Å². The molecule has 212 valence electrons. The van der Waals surface area contributed by atoms with E-state index in [1.54, 1.807) is 0 Å². The topological polar surface area (TPSA) is 7.12 Å². The Balaban J connectivity index is 1.18. The maximum Gasteiger partial charge on any atom is 0.263 e. The van der Waals surface area contributed by atoms with E-state index in [0.717, 1.165) is 37.4 Å². The first-order valence-corrected chi connectivity index (χ1v) is 16.8. The van der Waals surface area contributed by atoms with Gasteiger partial charge in [-0.2, -0.15) is 4.57 Å². The van der Waals surface area contributed by atoms with Gasteiger partial charge < -0.3 is 4.90 Å². The van der Waals surface area contributed by atoms with Gasteiger partial charge in [-0.3, -0.25) is 0 Å². The van der Waals surface area contributed by atoms with E-state index in [4.69, 9.17) is 11.6 Å². The van der Waals surface area contributed by atoms with Crippen LogP contribution in [-0.2, 0) is 13.1 Å². The van der Waals surface area contributed by atoms with Crippen LogP contribution < -0.4 is 9.47 Å². The minimum atomic E-state index is 0.843. The highest BCUT2D eigenvalue weighted by molar-refractivity contribution is 8.03. The van der Waals surface area contributed by atoms with Crippen molar-refractivity contribution in [2.24, 2.45) is 0 Å². The molecular weight excluding hydrogens is 584 g/mol. The fourth-order valence-corrected chi connectivity index (χ4v) is 8.21. The molecule has 5 heteroatoms. The molecule has 0 amide bonds. The molecular formula is C38H32ClN2S2+. The lowest BCUT2D eigenvalue weighted by Gasteiger charge is -2.21. The number of thioether (sulfide) groups is 1. The summed E-state index contributed by atoms with van der Waals surface area (Å²) >= 11 is 10.8. The molecule has 2 heterocycles. The standard InChI is InChI=1S/C38H32ClN2S2/c39-38-30(22-24-36-40(26-28-12-3-1-4-13-28)32-18-7-9-20-34(32)42-36)16-11-17-31(38)23-25-37-41(27-29-14-5-2-6-15-29)33-19-8-10-21-35(33)43-37/h1-10,12-15,18-25H,11,16-17,26-27H2/q+1. The summed E-state index contributed by atoms with van der Waals surface area (Å²) in [4.78, 5) is 3.71. The number of anilines is 1. The Labute approximate surface area is 267 Å². The third-order valence-corrected chi connectivity index (χ3v) is 10.7. The normalized spacial score (nSPS) is 17.1. The van der Waals surface area contributed by atoms with Crippen molar-refractivity contribution in [3.8, 4) is 0 Å². The molecule has 4 aromatic carbocycles. The monoisotopic (exact) mass is 615 g/mol. The van der Waals surface area contributed by atoms with Crippen LogP contribution in [0.15, 0.2) is 154 Å². The Kier molecular flexibility index (Phi) is 8.33. The lowest BCUT2D eigenvalue weighted by molar-refractivity contribution is -0.659. The zero-order chi connectivity index (χ0) is 29.0. The van der Waals surface area contributed by atoms with Gasteiger partial charge in [0.2, 0.25) is 5.52 Å². The third-order valence-electron chi connectivity index (χ3n) is 7.95. The van der Waals surface area contributed by atoms with Crippen LogP contribution in [0.3, 0.4) is 0 Å². The van der Waals surface area contributed by atoms with E-state index in [0.29, 0.717) is 0 Å². The Hall–Kier alpha value is -3.83. The molecule has 0 spiro atoms. The lowest BCUT2D eigenvalue weighted by atomic mass is 9.94. The van der Waals surface area contributed by atoms with Crippen molar-refractivity contribution >= 4 is 56.7 Å². The fraction of sp³-hybridized carbons (Fsp3) is 0.132. The zero-order valence-corrected chi connectivity index (χ0v) is 26.2. The summed E-state index contributed by atoms with van der Waals surface area (Å²) in [5, 5.41) is 3.36. The fourth-order valence-electron chi connectivity index (χ4n) is 5.76. The Morgan fingerprint density at radius 1 is 0.744 bits per heavy atom. The molecule has 0 bridgehead atoms. The number of halogens is 1. The Morgan fingerprint density at radius 3 is 2.30 bits per heavy atom. The number of hydrogen-bond donors (Lipinski definition) is 0. The lowest BCUT2D eigenvalue weighted by Crippen LogP contribution is -2.35. The Morgan fingerprint density at radius 2 is 1.47 bits per heavy atom. The summed E-state index contributed by atoms with van der Waals surface area (Å²) in [6.07, 6.45) is 12.1. The van der Waals surface area contributed by atoms with Crippen LogP contribution in [0, 0.1) is 0 Å². The number of thiazole rings is 1. The smallest absolute Gasteiger partial charge is 0.263 e. The van der Waals surface area contributed by atoms with Crippen molar-refractivity contribution in [3.05, 3.63) is 165 Å². The van der Waals surface area contributed by atoms with E-state index in [1.807, 2.05) is 23.1 Å². The van der Waals surface area contributed by atoms with Crippen LogP contribution >= 0.6 is 34.7 Å². The van der Waals surface area contributed by atoms with Gasteiger partial charge in [-0.25, -0.2) is 0 Å². The summed E-state index contributed by atoms with van der Waals surface area (Å²) < 4.78 is 3.71. The number of nitrogens with zero attached hydrogens (tertiary/aromatic N) is 2. The number of hydrogen-bond acceptors (Lipinski definition) is 3. The van der Waals surface area contributed by atoms with Crippen molar-refractivity contribution in [1.82, 2.24) is 0 Å². The summed E-state index contributed by atoms with van der Waals surface area (Å²) in [7, 11) is 0. The summed E-state index contributed by atoms with van der Waals surface area (Å²) in [6, 6.07) is 38.7. The van der Waals surface area contributed by atoms with Gasteiger partial charge in [0, 0.05) is 34.2 Å². The third kappa shape index (κ3) is 6.14. The highest BCUT2D eigenvalue weighted by atomic mass is 35.5. The van der Waals surface area contributed by atoms with E-state index in [1.165, 1.54) is 53.1 Å². The van der Waals surface area contributed by atoms with Gasteiger partial charge in [-0.05, 0) is 60.2 Å². The van der Waals surface area contributed by atoms with Crippen molar-refractivity contribution in [3.63, 3.8) is 0 Å². The van der Waals surface area contributed by atoms with Crippen molar-refractivity contribution < 1.29 is 4.57 Å². The molecule has 2 aliphatic rings. The van der Waals surface area contributed by atoms with Crippen LogP contribution in [0.5, 0.6) is 0 Å². The number of rotatable bonds is 7. The average molecular weight is 616 g/mol. The quantitative estimate of drug-likeness (QED) is 0.168. The van der Waals surface area contributed by atoms with E-state index in [9.17, 15) is 0 Å². The summed E-state index contributed by atoms with van der Waals surface area (Å²) in [6.45, 7) is 1.69. The molecule has 0 saturated heterocycles. The SMILES string of the molecule is ClC1=C(/C=C/c2sc3ccccc3[n+]2Cc2ccccc2)CCC/C1=C\C=C1/Sc2ccccc2N1Cc1ccccc1. The molecule has 0 N–H and O–H groups in total. The van der Waals surface area contributed by atoms with E-state index < -0.39 is 0 Å². The van der Waals surface area contributed by atoms with Crippen molar-refractivity contribution in [2.45, 2.75) is 37.2 Å². The van der Waals surface area contributed by atoms with Gasteiger partial charge in [-0.1, -0.05) is 132 Å². The Bertz CT molecular complexity index is 1880. The predicted molar refractivity (Wildman–Crippen MR) is 184 cm³/mol. The molecule has 5 aromatic rings. The first-order valence-electron chi connectivity index (χ1n) is 14.7. The molecule has 0 saturated carbocycles. The minimum absolute atomic E-state index is 0.843. The predicted octanol–water partition coefficient (Wildman–Crippen LogP) is 10.5. The maximum absolute atomic E-state index is 7.11. The first-order chi connectivity index (χ1) is 21.2. The molecule has 43 heavy (non-hydrogen) atoms. The largest absolute Gasteiger partial charge is 0.331 e. The maximum atomic E-state index is 7.11. The van der Waals surface area contributed by atoms with Crippen molar-refractivity contribution in [2.75, 3.05) is 4.90 Å². The molecule has 7 rings (SSSR count). The molecule has 1 aliphatic heterocycles. The van der Waals surface area contributed by atoms with Crippen LogP contribution in [0.4, 0.5) is 5.69 Å². The van der Waals surface area contributed by atoms with Crippen LogP contribution in [0.1, 0.15) is 35.4 Å². The average Bonchev–Trinajstić information content (AvgIpc) is 3.58. The summed E-state index contributed by atoms with van der Waals surface area (Å²) in [5.74, 6) is 0. The molecule has 1 aromatic heterocycles. The molecule has 0 atom stereocenters. The number of fused-ring (bicyclic) bond motifs is 2. The van der Waals surface area contributed by atoms with Crippen LogP contribution in [-0.4, -0.2) is 0 Å². The first kappa shape index (κ1) is 28.0. The van der Waals surface area contributed by atoms with E-state index >= 15 is 0 Å². The number of aromatic nitrogens is 1. The van der Waals surface area contributed by atoms with Gasteiger partial charge in [0.1, 0.15) is 4.70 Å². The molecule has 0 unspecified atom stereocenters. The second-order valence-corrected chi connectivity index (χ2v) is 13.3. The van der Waals surface area contributed by atoms with Gasteiger partial charge in [0.15, 0.2) is 6.54 Å². The second kappa shape index (κ2) is 12.8. The number of benzene rings is 4. The van der Waals surface area contributed by atoms with Gasteiger partial charge >= 0.3 is 0 Å². The van der Waals surface area contributed by atoms with Gasteiger partial charge in [0.25, 0.3) is 5.01 Å². The zero-order valence-electron chi connectivity index (χ0n) is 23.8. The van der Waals surface area contributed by atoms with Gasteiger partial charge in [0.05, 0.1) is 10.7 Å². The number of para-hydroxylation sites is 2. The van der Waals surface area contributed by atoms with Crippen molar-refractivity contribution in [1.29, 1.82) is 0 Å². The second-order valence-electron chi connectivity index (χ2n) is 10.8. The van der Waals surface area contributed by atoms with Crippen LogP contribution in [0.2, 0.25) is 0 Å². The highest BCUT2D eigenvalue weighted by Gasteiger charge is 2.25. The molecule has 0 radical (unpaired) electrons. The summed E-state index contributed by atoms with van der Waals surface area (Å²) in [5.41, 5.74) is 7.55. The minimum Gasteiger partial charge on any atom is -0.331 e. The molecule has 0 fully saturated rings.